The maximum absolute atomic E-state index is 15.2. The Morgan fingerprint density at radius 3 is 1.87 bits per heavy atom. The van der Waals surface area contributed by atoms with Crippen molar-refractivity contribution in [3.05, 3.63) is 41.2 Å². The van der Waals surface area contributed by atoms with Crippen molar-refractivity contribution in [2.45, 2.75) is 64.7 Å². The Labute approximate surface area is 140 Å². The largest absolute Gasteiger partial charge is 0.211 e. The van der Waals surface area contributed by atoms with Gasteiger partial charge < -0.3 is 0 Å². The van der Waals surface area contributed by atoms with Gasteiger partial charge in [0.1, 0.15) is 5.83 Å². The molecule has 0 N–H and O–H groups in total. The van der Waals surface area contributed by atoms with E-state index in [9.17, 15) is 0 Å². The van der Waals surface area contributed by atoms with Crippen LogP contribution in [-0.4, -0.2) is 0 Å². The molecule has 0 saturated heterocycles. The summed E-state index contributed by atoms with van der Waals surface area (Å²) in [5.74, 6) is 2.55. The second-order valence-electron chi connectivity index (χ2n) is 9.56. The quantitative estimate of drug-likeness (QED) is 0.584. The summed E-state index contributed by atoms with van der Waals surface area (Å²) in [5.41, 5.74) is 2.37. The Morgan fingerprint density at radius 1 is 0.957 bits per heavy atom. The molecule has 0 spiro atoms. The Hall–Kier alpha value is -1.11. The van der Waals surface area contributed by atoms with Crippen LogP contribution < -0.4 is 0 Å². The highest BCUT2D eigenvalue weighted by Crippen LogP contribution is 2.63. The van der Waals surface area contributed by atoms with Gasteiger partial charge in [0.25, 0.3) is 0 Å². The van der Waals surface area contributed by atoms with Crippen molar-refractivity contribution < 1.29 is 4.39 Å². The van der Waals surface area contributed by atoms with E-state index in [4.69, 9.17) is 0 Å². The predicted octanol–water partition coefficient (Wildman–Crippen LogP) is 6.51. The summed E-state index contributed by atoms with van der Waals surface area (Å²) in [6.45, 7) is 6.65. The van der Waals surface area contributed by atoms with Crippen molar-refractivity contribution in [1.29, 1.82) is 0 Å². The lowest BCUT2D eigenvalue weighted by Crippen LogP contribution is -2.46. The van der Waals surface area contributed by atoms with Crippen molar-refractivity contribution in [3.8, 4) is 0 Å². The van der Waals surface area contributed by atoms with Crippen LogP contribution in [0.25, 0.3) is 6.08 Å². The third-order valence-corrected chi connectivity index (χ3v) is 6.61. The topological polar surface area (TPSA) is 0 Å². The molecule has 124 valence electrons. The Bertz CT molecular complexity index is 579. The fourth-order valence-electron chi connectivity index (χ4n) is 5.78. The second kappa shape index (κ2) is 5.19. The molecule has 0 nitrogen and oxygen atoms in total. The zero-order valence-corrected chi connectivity index (χ0v) is 14.7. The molecule has 4 saturated carbocycles. The Morgan fingerprint density at radius 2 is 1.43 bits per heavy atom. The highest BCUT2D eigenvalue weighted by molar-refractivity contribution is 5.53. The van der Waals surface area contributed by atoms with Gasteiger partial charge in [-0.2, -0.15) is 0 Å². The molecular weight excluding hydrogens is 283 g/mol. The molecule has 5 rings (SSSR count). The molecule has 0 atom stereocenters. The summed E-state index contributed by atoms with van der Waals surface area (Å²) in [5, 5.41) is 0. The molecule has 1 aromatic rings. The molecule has 0 aromatic heterocycles. The summed E-state index contributed by atoms with van der Waals surface area (Å²) >= 11 is 0. The lowest BCUT2D eigenvalue weighted by molar-refractivity contribution is -0.0407. The number of hydrogen-bond acceptors (Lipinski definition) is 0. The van der Waals surface area contributed by atoms with Gasteiger partial charge in [-0.1, -0.05) is 45.0 Å². The van der Waals surface area contributed by atoms with Crippen LogP contribution in [0.2, 0.25) is 0 Å². The van der Waals surface area contributed by atoms with Crippen LogP contribution in [0.5, 0.6) is 0 Å². The van der Waals surface area contributed by atoms with Gasteiger partial charge in [-0.3, -0.25) is 0 Å². The summed E-state index contributed by atoms with van der Waals surface area (Å²) < 4.78 is 15.2. The SMILES string of the molecule is CC(C)(C)c1ccc(/C=C(\F)C23CC4CC(CC(C4)C2)C3)cc1. The minimum Gasteiger partial charge on any atom is -0.211 e. The lowest BCUT2D eigenvalue weighted by Gasteiger charge is -2.56. The van der Waals surface area contributed by atoms with Gasteiger partial charge in [-0.05, 0) is 78.9 Å². The summed E-state index contributed by atoms with van der Waals surface area (Å²) in [6, 6.07) is 8.47. The third-order valence-electron chi connectivity index (χ3n) is 6.61. The number of halogens is 1. The molecule has 0 heterocycles. The summed E-state index contributed by atoms with van der Waals surface area (Å²) in [7, 11) is 0. The van der Waals surface area contributed by atoms with E-state index in [-0.39, 0.29) is 16.7 Å². The molecule has 4 aliphatic rings. The van der Waals surface area contributed by atoms with Gasteiger partial charge in [0.15, 0.2) is 0 Å². The van der Waals surface area contributed by atoms with Gasteiger partial charge in [0.2, 0.25) is 0 Å². The maximum Gasteiger partial charge on any atom is 0.107 e. The van der Waals surface area contributed by atoms with E-state index in [0.29, 0.717) is 0 Å². The number of allylic oxidation sites excluding steroid dienone is 1. The number of benzene rings is 1. The normalized spacial score (nSPS) is 36.5. The van der Waals surface area contributed by atoms with Crippen LogP contribution in [0.15, 0.2) is 30.1 Å². The molecule has 4 bridgehead atoms. The molecule has 0 radical (unpaired) electrons. The minimum absolute atomic E-state index is 0.114. The van der Waals surface area contributed by atoms with Crippen molar-refractivity contribution >= 4 is 6.08 Å². The monoisotopic (exact) mass is 312 g/mol. The average molecular weight is 312 g/mol. The van der Waals surface area contributed by atoms with E-state index in [2.05, 4.69) is 45.0 Å². The van der Waals surface area contributed by atoms with Crippen LogP contribution in [-0.2, 0) is 5.41 Å². The van der Waals surface area contributed by atoms with Crippen molar-refractivity contribution in [1.82, 2.24) is 0 Å². The van der Waals surface area contributed by atoms with Crippen molar-refractivity contribution in [3.63, 3.8) is 0 Å². The van der Waals surface area contributed by atoms with E-state index >= 15 is 4.39 Å². The Kier molecular flexibility index (Phi) is 3.48. The van der Waals surface area contributed by atoms with Gasteiger partial charge in [0.05, 0.1) is 0 Å². The molecule has 0 amide bonds. The van der Waals surface area contributed by atoms with Gasteiger partial charge in [-0.25, -0.2) is 4.39 Å². The first-order chi connectivity index (χ1) is 10.8. The molecule has 0 aliphatic heterocycles. The fourth-order valence-corrected chi connectivity index (χ4v) is 5.78. The van der Waals surface area contributed by atoms with Crippen LogP contribution in [0, 0.1) is 23.2 Å². The van der Waals surface area contributed by atoms with E-state index in [1.54, 1.807) is 0 Å². The van der Waals surface area contributed by atoms with Crippen LogP contribution in [0.3, 0.4) is 0 Å². The number of hydrogen-bond donors (Lipinski definition) is 0. The van der Waals surface area contributed by atoms with Crippen molar-refractivity contribution in [2.75, 3.05) is 0 Å². The average Bonchev–Trinajstić information content (AvgIpc) is 2.45. The molecule has 23 heavy (non-hydrogen) atoms. The highest BCUT2D eigenvalue weighted by atomic mass is 19.1. The zero-order chi connectivity index (χ0) is 16.2. The van der Waals surface area contributed by atoms with Gasteiger partial charge in [0, 0.05) is 5.41 Å². The first-order valence-corrected chi connectivity index (χ1v) is 9.32. The van der Waals surface area contributed by atoms with Crippen LogP contribution in [0.1, 0.15) is 70.4 Å². The summed E-state index contributed by atoms with van der Waals surface area (Å²) in [6.07, 6.45) is 9.23. The third kappa shape index (κ3) is 2.77. The van der Waals surface area contributed by atoms with E-state index in [1.165, 1.54) is 24.8 Å². The highest BCUT2D eigenvalue weighted by Gasteiger charge is 2.52. The molecule has 4 aliphatic carbocycles. The Balaban J connectivity index is 1.59. The van der Waals surface area contributed by atoms with Gasteiger partial charge >= 0.3 is 0 Å². The van der Waals surface area contributed by atoms with E-state index in [0.717, 1.165) is 42.6 Å². The molecule has 0 unspecified atom stereocenters. The van der Waals surface area contributed by atoms with Crippen LogP contribution >= 0.6 is 0 Å². The summed E-state index contributed by atoms with van der Waals surface area (Å²) in [4.78, 5) is 0. The lowest BCUT2D eigenvalue weighted by atomic mass is 9.49. The zero-order valence-electron chi connectivity index (χ0n) is 14.7. The van der Waals surface area contributed by atoms with E-state index in [1.807, 2.05) is 6.08 Å². The fraction of sp³-hybridized carbons (Fsp3) is 0.636. The van der Waals surface area contributed by atoms with Gasteiger partial charge in [-0.15, -0.1) is 0 Å². The van der Waals surface area contributed by atoms with Crippen molar-refractivity contribution in [2.24, 2.45) is 23.2 Å². The minimum atomic E-state index is -0.114. The van der Waals surface area contributed by atoms with E-state index < -0.39 is 0 Å². The first kappa shape index (κ1) is 15.4. The number of rotatable bonds is 2. The first-order valence-electron chi connectivity index (χ1n) is 9.32. The second-order valence-corrected chi connectivity index (χ2v) is 9.56. The molecule has 1 aromatic carbocycles. The smallest absolute Gasteiger partial charge is 0.107 e. The molecular formula is C22H29F. The van der Waals surface area contributed by atoms with Crippen LogP contribution in [0.4, 0.5) is 4.39 Å². The molecule has 1 heteroatoms. The maximum atomic E-state index is 15.2. The standard InChI is InChI=1S/C22H29F/c1-21(2,3)19-6-4-15(5-7-19)11-20(23)22-12-16-8-17(13-22)10-18(9-16)14-22/h4-7,11,16-18H,8-10,12-14H2,1-3H3/b20-11-. The predicted molar refractivity (Wildman–Crippen MR) is 94.8 cm³/mol. The molecule has 4 fully saturated rings.